The third kappa shape index (κ3) is 4.08. The fraction of sp³-hybridized carbons (Fsp3) is 0.476. The number of amides is 2. The van der Waals surface area contributed by atoms with Gasteiger partial charge in [0.05, 0.1) is 11.7 Å². The third-order valence-corrected chi connectivity index (χ3v) is 5.29. The standard InChI is InChI=1S/C21H26FN3O3/c1-13(2)18-12-24(21(27)20-14(3)23-28-15(20)4)10-9-19(26)25(18)11-16-5-7-17(22)8-6-16/h5-8,13,18H,9-12H2,1-4H3. The highest BCUT2D eigenvalue weighted by molar-refractivity contribution is 5.96. The first kappa shape index (κ1) is 20.0. The average Bonchev–Trinajstić information content (AvgIpc) is 2.89. The Balaban J connectivity index is 1.85. The molecule has 1 unspecified atom stereocenters. The fourth-order valence-corrected chi connectivity index (χ4v) is 3.67. The van der Waals surface area contributed by atoms with Gasteiger partial charge in [-0.2, -0.15) is 0 Å². The quantitative estimate of drug-likeness (QED) is 0.807. The molecule has 2 amide bonds. The number of aryl methyl sites for hydroxylation is 2. The van der Waals surface area contributed by atoms with Crippen LogP contribution in [0.5, 0.6) is 0 Å². The molecule has 1 aliphatic heterocycles. The Labute approximate surface area is 164 Å². The van der Waals surface area contributed by atoms with Crippen LogP contribution in [0.15, 0.2) is 28.8 Å². The molecule has 0 aliphatic carbocycles. The summed E-state index contributed by atoms with van der Waals surface area (Å²) in [6.45, 7) is 8.73. The summed E-state index contributed by atoms with van der Waals surface area (Å²) in [5, 5.41) is 3.87. The molecule has 1 atom stereocenters. The van der Waals surface area contributed by atoms with Crippen LogP contribution in [0, 0.1) is 25.6 Å². The molecule has 0 saturated carbocycles. The van der Waals surface area contributed by atoms with E-state index in [-0.39, 0.29) is 36.0 Å². The highest BCUT2D eigenvalue weighted by Gasteiger charge is 2.35. The zero-order valence-corrected chi connectivity index (χ0v) is 16.7. The number of halogens is 1. The fourth-order valence-electron chi connectivity index (χ4n) is 3.67. The highest BCUT2D eigenvalue weighted by Crippen LogP contribution is 2.23. The Morgan fingerprint density at radius 2 is 1.96 bits per heavy atom. The number of carbonyl (C=O) groups is 2. The van der Waals surface area contributed by atoms with E-state index in [1.807, 2.05) is 18.7 Å². The Morgan fingerprint density at radius 3 is 2.54 bits per heavy atom. The molecule has 1 aromatic heterocycles. The zero-order valence-electron chi connectivity index (χ0n) is 16.7. The lowest BCUT2D eigenvalue weighted by molar-refractivity contribution is -0.134. The van der Waals surface area contributed by atoms with Crippen LogP contribution < -0.4 is 0 Å². The van der Waals surface area contributed by atoms with Gasteiger partial charge >= 0.3 is 0 Å². The first-order valence-electron chi connectivity index (χ1n) is 9.54. The van der Waals surface area contributed by atoms with E-state index in [1.165, 1.54) is 12.1 Å². The number of benzene rings is 1. The third-order valence-electron chi connectivity index (χ3n) is 5.29. The van der Waals surface area contributed by atoms with Crippen LogP contribution in [0.3, 0.4) is 0 Å². The van der Waals surface area contributed by atoms with Crippen molar-refractivity contribution in [3.8, 4) is 0 Å². The Morgan fingerprint density at radius 1 is 1.29 bits per heavy atom. The lowest BCUT2D eigenvalue weighted by Gasteiger charge is -2.34. The maximum atomic E-state index is 13.2. The first-order chi connectivity index (χ1) is 13.3. The van der Waals surface area contributed by atoms with Gasteiger partial charge in [-0.25, -0.2) is 4.39 Å². The minimum atomic E-state index is -0.303. The Kier molecular flexibility index (Phi) is 5.82. The number of nitrogens with zero attached hydrogens (tertiary/aromatic N) is 3. The molecule has 2 aromatic rings. The van der Waals surface area contributed by atoms with Gasteiger partial charge in [0.1, 0.15) is 17.1 Å². The van der Waals surface area contributed by atoms with Gasteiger partial charge in [0.25, 0.3) is 5.91 Å². The predicted octanol–water partition coefficient (Wildman–Crippen LogP) is 3.33. The Hall–Kier alpha value is -2.70. The molecule has 1 saturated heterocycles. The van der Waals surface area contributed by atoms with Crippen molar-refractivity contribution in [3.05, 3.63) is 52.7 Å². The second-order valence-corrected chi connectivity index (χ2v) is 7.66. The molecule has 7 heteroatoms. The van der Waals surface area contributed by atoms with Gasteiger partial charge in [-0.1, -0.05) is 31.1 Å². The Bertz CT molecular complexity index is 841. The molecule has 0 bridgehead atoms. The molecule has 0 radical (unpaired) electrons. The van der Waals surface area contributed by atoms with Crippen LogP contribution in [-0.4, -0.2) is 45.9 Å². The van der Waals surface area contributed by atoms with Crippen LogP contribution in [0.25, 0.3) is 0 Å². The van der Waals surface area contributed by atoms with E-state index >= 15 is 0 Å². The topological polar surface area (TPSA) is 66.7 Å². The lowest BCUT2D eigenvalue weighted by atomic mass is 10.0. The maximum Gasteiger partial charge on any atom is 0.259 e. The van der Waals surface area contributed by atoms with E-state index in [0.29, 0.717) is 36.7 Å². The molecule has 150 valence electrons. The van der Waals surface area contributed by atoms with Crippen molar-refractivity contribution in [2.24, 2.45) is 5.92 Å². The predicted molar refractivity (Wildman–Crippen MR) is 102 cm³/mol. The van der Waals surface area contributed by atoms with E-state index in [2.05, 4.69) is 5.16 Å². The van der Waals surface area contributed by atoms with Crippen molar-refractivity contribution in [3.63, 3.8) is 0 Å². The van der Waals surface area contributed by atoms with E-state index in [0.717, 1.165) is 5.56 Å². The number of hydrogen-bond donors (Lipinski definition) is 0. The summed E-state index contributed by atoms with van der Waals surface area (Å²) in [5.41, 5.74) is 1.90. The van der Waals surface area contributed by atoms with Gasteiger partial charge in [0.2, 0.25) is 5.91 Å². The van der Waals surface area contributed by atoms with Crippen LogP contribution in [0.1, 0.15) is 47.6 Å². The van der Waals surface area contributed by atoms with Crippen LogP contribution in [0.2, 0.25) is 0 Å². The zero-order chi connectivity index (χ0) is 20.4. The van der Waals surface area contributed by atoms with Gasteiger partial charge in [-0.3, -0.25) is 9.59 Å². The van der Waals surface area contributed by atoms with Crippen LogP contribution in [-0.2, 0) is 11.3 Å². The van der Waals surface area contributed by atoms with Crippen molar-refractivity contribution in [2.45, 2.75) is 46.7 Å². The molecule has 2 heterocycles. The molecule has 1 aliphatic rings. The summed E-state index contributed by atoms with van der Waals surface area (Å²) in [7, 11) is 0. The lowest BCUT2D eigenvalue weighted by Crippen LogP contribution is -2.47. The van der Waals surface area contributed by atoms with Crippen molar-refractivity contribution >= 4 is 11.8 Å². The highest BCUT2D eigenvalue weighted by atomic mass is 19.1. The monoisotopic (exact) mass is 387 g/mol. The second-order valence-electron chi connectivity index (χ2n) is 7.66. The minimum absolute atomic E-state index is 0.00270. The molecule has 0 spiro atoms. The smallest absolute Gasteiger partial charge is 0.259 e. The van der Waals surface area contributed by atoms with Gasteiger partial charge in [0.15, 0.2) is 0 Å². The van der Waals surface area contributed by atoms with E-state index in [1.54, 1.807) is 30.9 Å². The first-order valence-corrected chi connectivity index (χ1v) is 9.54. The molecule has 3 rings (SSSR count). The average molecular weight is 387 g/mol. The molecule has 1 aromatic carbocycles. The molecular weight excluding hydrogens is 361 g/mol. The van der Waals surface area contributed by atoms with Crippen LogP contribution in [0.4, 0.5) is 4.39 Å². The summed E-state index contributed by atoms with van der Waals surface area (Å²) in [4.78, 5) is 29.5. The SMILES string of the molecule is Cc1noc(C)c1C(=O)N1CCC(=O)N(Cc2ccc(F)cc2)C(C(C)C)C1. The van der Waals surface area contributed by atoms with Gasteiger partial charge in [-0.05, 0) is 37.5 Å². The number of carbonyl (C=O) groups excluding carboxylic acids is 2. The summed E-state index contributed by atoms with van der Waals surface area (Å²) >= 11 is 0. The second kappa shape index (κ2) is 8.12. The summed E-state index contributed by atoms with van der Waals surface area (Å²) < 4.78 is 18.4. The van der Waals surface area contributed by atoms with E-state index in [4.69, 9.17) is 4.52 Å². The van der Waals surface area contributed by atoms with E-state index < -0.39 is 0 Å². The largest absolute Gasteiger partial charge is 0.361 e. The van der Waals surface area contributed by atoms with Gasteiger partial charge in [-0.15, -0.1) is 0 Å². The normalized spacial score (nSPS) is 17.9. The van der Waals surface area contributed by atoms with Crippen molar-refractivity contribution in [1.29, 1.82) is 0 Å². The summed E-state index contributed by atoms with van der Waals surface area (Å²) in [5.74, 6) is 0.183. The minimum Gasteiger partial charge on any atom is -0.361 e. The number of aromatic nitrogens is 1. The van der Waals surface area contributed by atoms with Crippen molar-refractivity contribution in [1.82, 2.24) is 15.0 Å². The van der Waals surface area contributed by atoms with E-state index in [9.17, 15) is 14.0 Å². The number of rotatable bonds is 4. The maximum absolute atomic E-state index is 13.2. The van der Waals surface area contributed by atoms with Gasteiger partial charge in [0, 0.05) is 26.1 Å². The summed E-state index contributed by atoms with van der Waals surface area (Å²) in [6, 6.07) is 6.05. The van der Waals surface area contributed by atoms with Gasteiger partial charge < -0.3 is 14.3 Å². The van der Waals surface area contributed by atoms with Crippen molar-refractivity contribution in [2.75, 3.05) is 13.1 Å². The number of hydrogen-bond acceptors (Lipinski definition) is 4. The van der Waals surface area contributed by atoms with Crippen LogP contribution >= 0.6 is 0 Å². The molecule has 0 N–H and O–H groups in total. The molecular formula is C21H26FN3O3. The molecule has 28 heavy (non-hydrogen) atoms. The van der Waals surface area contributed by atoms with Crippen molar-refractivity contribution < 1.29 is 18.5 Å². The molecule has 6 nitrogen and oxygen atoms in total. The molecule has 1 fully saturated rings. The summed E-state index contributed by atoms with van der Waals surface area (Å²) in [6.07, 6.45) is 0.250.